The molecule has 0 radical (unpaired) electrons. The lowest BCUT2D eigenvalue weighted by Gasteiger charge is -2.30. The zero-order valence-corrected chi connectivity index (χ0v) is 16.9. The maximum Gasteiger partial charge on any atom is 0.272 e. The number of amides is 1. The smallest absolute Gasteiger partial charge is 0.272 e. The summed E-state index contributed by atoms with van der Waals surface area (Å²) in [4.78, 5) is 24.0. The zero-order valence-electron chi connectivity index (χ0n) is 16.9. The first kappa shape index (κ1) is 19.3. The molecule has 2 aromatic rings. The molecule has 5 heteroatoms. The van der Waals surface area contributed by atoms with Crippen molar-refractivity contribution in [1.29, 1.82) is 0 Å². The van der Waals surface area contributed by atoms with Gasteiger partial charge in [0.05, 0.1) is 0 Å². The molecule has 1 amide bonds. The molecular formula is C22H30N4O. The molecule has 1 aromatic heterocycles. The van der Waals surface area contributed by atoms with Crippen LogP contribution in [0.15, 0.2) is 24.3 Å². The zero-order chi connectivity index (χ0) is 19.4. The minimum Gasteiger partial charge on any atom is -0.337 e. The van der Waals surface area contributed by atoms with E-state index in [1.807, 2.05) is 11.8 Å². The summed E-state index contributed by atoms with van der Waals surface area (Å²) in [6.45, 7) is 10.0. The van der Waals surface area contributed by atoms with Crippen LogP contribution < -0.4 is 5.32 Å². The first-order valence-corrected chi connectivity index (χ1v) is 10.0. The highest BCUT2D eigenvalue weighted by molar-refractivity contribution is 5.92. The number of carbonyl (C=O) groups is 1. The van der Waals surface area contributed by atoms with E-state index in [1.54, 1.807) is 6.07 Å². The third-order valence-electron chi connectivity index (χ3n) is 5.25. The fraction of sp³-hybridized carbons (Fsp3) is 0.500. The van der Waals surface area contributed by atoms with Gasteiger partial charge in [-0.1, -0.05) is 39.0 Å². The molecule has 1 unspecified atom stereocenters. The van der Waals surface area contributed by atoms with Crippen molar-refractivity contribution in [1.82, 2.24) is 14.9 Å². The normalized spacial score (nSPS) is 17.0. The van der Waals surface area contributed by atoms with E-state index in [-0.39, 0.29) is 5.91 Å². The molecule has 144 valence electrons. The molecule has 1 fully saturated rings. The van der Waals surface area contributed by atoms with Crippen LogP contribution in [0, 0.1) is 12.8 Å². The Hall–Kier alpha value is -2.43. The summed E-state index contributed by atoms with van der Waals surface area (Å²) < 4.78 is 0. The van der Waals surface area contributed by atoms with Gasteiger partial charge in [0.15, 0.2) is 0 Å². The molecule has 3 rings (SSSR count). The highest BCUT2D eigenvalue weighted by Gasteiger charge is 2.23. The third-order valence-corrected chi connectivity index (χ3v) is 5.25. The van der Waals surface area contributed by atoms with Gasteiger partial charge < -0.3 is 10.2 Å². The number of likely N-dealkylation sites (tertiary alicyclic amines) is 1. The van der Waals surface area contributed by atoms with Gasteiger partial charge in [-0.3, -0.25) is 4.79 Å². The van der Waals surface area contributed by atoms with Gasteiger partial charge in [-0.05, 0) is 55.7 Å². The van der Waals surface area contributed by atoms with E-state index in [0.717, 1.165) is 43.7 Å². The Labute approximate surface area is 162 Å². The second kappa shape index (κ2) is 8.51. The van der Waals surface area contributed by atoms with Crippen molar-refractivity contribution >= 4 is 17.5 Å². The molecule has 1 atom stereocenters. The standard InChI is InChI=1S/C22H30N4O/c1-5-17-10-7-11-18(6-2)20(17)25-22-23-16(4)13-19(24-22)21(27)26-12-8-9-15(3)14-26/h7,10-11,13,15H,5-6,8-9,12,14H2,1-4H3,(H,23,24,25). The largest absolute Gasteiger partial charge is 0.337 e. The summed E-state index contributed by atoms with van der Waals surface area (Å²) in [5.74, 6) is 1.06. The van der Waals surface area contributed by atoms with Gasteiger partial charge in [0, 0.05) is 24.5 Å². The van der Waals surface area contributed by atoms with E-state index < -0.39 is 0 Å². The van der Waals surface area contributed by atoms with Gasteiger partial charge in [-0.15, -0.1) is 0 Å². The molecule has 0 bridgehead atoms. The highest BCUT2D eigenvalue weighted by atomic mass is 16.2. The summed E-state index contributed by atoms with van der Waals surface area (Å²) in [7, 11) is 0. The number of nitrogens with zero attached hydrogens (tertiary/aromatic N) is 3. The average Bonchev–Trinajstić information content (AvgIpc) is 2.67. The molecule has 1 aromatic carbocycles. The number of carbonyl (C=O) groups excluding carboxylic acids is 1. The second-order valence-corrected chi connectivity index (χ2v) is 7.50. The minimum atomic E-state index is 0.00888. The Balaban J connectivity index is 1.89. The van der Waals surface area contributed by atoms with Crippen LogP contribution in [0.2, 0.25) is 0 Å². The van der Waals surface area contributed by atoms with Crippen LogP contribution in [-0.4, -0.2) is 33.9 Å². The lowest BCUT2D eigenvalue weighted by Crippen LogP contribution is -2.39. The van der Waals surface area contributed by atoms with Crippen molar-refractivity contribution in [3.8, 4) is 0 Å². The fourth-order valence-corrected chi connectivity index (χ4v) is 3.78. The molecule has 0 saturated carbocycles. The maximum atomic E-state index is 13.0. The van der Waals surface area contributed by atoms with Gasteiger partial charge in [-0.2, -0.15) is 0 Å². The van der Waals surface area contributed by atoms with Gasteiger partial charge in [0.2, 0.25) is 5.95 Å². The van der Waals surface area contributed by atoms with Gasteiger partial charge in [-0.25, -0.2) is 9.97 Å². The minimum absolute atomic E-state index is 0.00888. The van der Waals surface area contributed by atoms with Crippen molar-refractivity contribution in [2.75, 3.05) is 18.4 Å². The van der Waals surface area contributed by atoms with Crippen molar-refractivity contribution in [3.63, 3.8) is 0 Å². The number of benzene rings is 1. The van der Waals surface area contributed by atoms with Crippen molar-refractivity contribution in [2.45, 2.75) is 53.4 Å². The topological polar surface area (TPSA) is 58.1 Å². The lowest BCUT2D eigenvalue weighted by molar-refractivity contribution is 0.0677. The van der Waals surface area contributed by atoms with Crippen LogP contribution in [0.3, 0.4) is 0 Å². The van der Waals surface area contributed by atoms with Crippen molar-refractivity contribution < 1.29 is 4.79 Å². The molecule has 5 nitrogen and oxygen atoms in total. The van der Waals surface area contributed by atoms with Crippen molar-refractivity contribution in [2.24, 2.45) is 5.92 Å². The number of anilines is 2. The second-order valence-electron chi connectivity index (χ2n) is 7.50. The summed E-state index contributed by atoms with van der Waals surface area (Å²) >= 11 is 0. The Kier molecular flexibility index (Phi) is 6.09. The van der Waals surface area contributed by atoms with Crippen LogP contribution in [0.5, 0.6) is 0 Å². The molecule has 1 aliphatic rings. The summed E-state index contributed by atoms with van der Waals surface area (Å²) in [5.41, 5.74) is 4.81. The summed E-state index contributed by atoms with van der Waals surface area (Å²) in [5, 5.41) is 3.40. The molecule has 1 N–H and O–H groups in total. The number of aryl methyl sites for hydroxylation is 3. The number of hydrogen-bond acceptors (Lipinski definition) is 4. The highest BCUT2D eigenvalue weighted by Crippen LogP contribution is 2.26. The number of nitrogens with one attached hydrogen (secondary N) is 1. The third kappa shape index (κ3) is 4.46. The predicted octanol–water partition coefficient (Wildman–Crippen LogP) is 4.53. The molecule has 0 aliphatic carbocycles. The maximum absolute atomic E-state index is 13.0. The Morgan fingerprint density at radius 2 is 1.93 bits per heavy atom. The number of rotatable bonds is 5. The number of hydrogen-bond donors (Lipinski definition) is 1. The Morgan fingerprint density at radius 3 is 2.56 bits per heavy atom. The van der Waals surface area contributed by atoms with Crippen molar-refractivity contribution in [3.05, 3.63) is 46.8 Å². The molecule has 2 heterocycles. The number of piperidine rings is 1. The average molecular weight is 367 g/mol. The number of aromatic nitrogens is 2. The number of para-hydroxylation sites is 1. The Bertz CT molecular complexity index is 796. The first-order valence-electron chi connectivity index (χ1n) is 10.0. The van der Waals surface area contributed by atoms with Crippen LogP contribution in [0.1, 0.15) is 60.9 Å². The summed E-state index contributed by atoms with van der Waals surface area (Å²) in [6.07, 6.45) is 4.11. The molecule has 27 heavy (non-hydrogen) atoms. The monoisotopic (exact) mass is 366 g/mol. The van der Waals surface area contributed by atoms with E-state index in [4.69, 9.17) is 0 Å². The van der Waals surface area contributed by atoms with Crippen LogP contribution in [0.4, 0.5) is 11.6 Å². The van der Waals surface area contributed by atoms with E-state index in [0.29, 0.717) is 17.6 Å². The molecule has 1 saturated heterocycles. The van der Waals surface area contributed by atoms with E-state index in [2.05, 4.69) is 54.3 Å². The van der Waals surface area contributed by atoms with Gasteiger partial charge in [0.1, 0.15) is 5.69 Å². The SMILES string of the molecule is CCc1cccc(CC)c1Nc1nc(C)cc(C(=O)N2CCCC(C)C2)n1. The molecular weight excluding hydrogens is 336 g/mol. The predicted molar refractivity (Wildman–Crippen MR) is 110 cm³/mol. The van der Waals surface area contributed by atoms with E-state index >= 15 is 0 Å². The summed E-state index contributed by atoms with van der Waals surface area (Å²) in [6, 6.07) is 8.13. The molecule has 1 aliphatic heterocycles. The fourth-order valence-electron chi connectivity index (χ4n) is 3.78. The van der Waals surface area contributed by atoms with Crippen LogP contribution >= 0.6 is 0 Å². The first-order chi connectivity index (χ1) is 13.0. The van der Waals surface area contributed by atoms with Gasteiger partial charge in [0.25, 0.3) is 5.91 Å². The quantitative estimate of drug-likeness (QED) is 0.845. The Morgan fingerprint density at radius 1 is 1.22 bits per heavy atom. The van der Waals surface area contributed by atoms with Gasteiger partial charge >= 0.3 is 0 Å². The van der Waals surface area contributed by atoms with Crippen LogP contribution in [-0.2, 0) is 12.8 Å². The van der Waals surface area contributed by atoms with Crippen LogP contribution in [0.25, 0.3) is 0 Å². The van der Waals surface area contributed by atoms with E-state index in [9.17, 15) is 4.79 Å². The molecule has 0 spiro atoms. The lowest BCUT2D eigenvalue weighted by atomic mass is 10.00. The van der Waals surface area contributed by atoms with E-state index in [1.165, 1.54) is 17.5 Å².